The molecule has 0 N–H and O–H groups in total. The number of esters is 1. The Morgan fingerprint density at radius 3 is 1.79 bits per heavy atom. The Balaban J connectivity index is 1.32. The summed E-state index contributed by atoms with van der Waals surface area (Å²) in [5.74, 6) is -1.52. The van der Waals surface area contributed by atoms with Crippen LogP contribution in [0.15, 0.2) is 72.8 Å². The van der Waals surface area contributed by atoms with E-state index in [4.69, 9.17) is 4.74 Å². The summed E-state index contributed by atoms with van der Waals surface area (Å²) in [5, 5.41) is 0. The van der Waals surface area contributed by atoms with Gasteiger partial charge in [-0.05, 0) is 60.4 Å². The van der Waals surface area contributed by atoms with Crippen molar-refractivity contribution in [1.82, 2.24) is 0 Å². The van der Waals surface area contributed by atoms with Gasteiger partial charge in [0.2, 0.25) is 11.8 Å². The maximum Gasteiger partial charge on any atom is 0.338 e. The van der Waals surface area contributed by atoms with Gasteiger partial charge in [-0.1, -0.05) is 36.4 Å². The van der Waals surface area contributed by atoms with Crippen molar-refractivity contribution in [2.24, 2.45) is 0 Å². The van der Waals surface area contributed by atoms with Crippen LogP contribution in [0.1, 0.15) is 34.3 Å². The Labute approximate surface area is 196 Å². The third kappa shape index (κ3) is 3.96. The third-order valence-corrected chi connectivity index (χ3v) is 6.12. The van der Waals surface area contributed by atoms with E-state index in [1.54, 1.807) is 4.90 Å². The number of fused-ring (bicyclic) bond motifs is 2. The fourth-order valence-corrected chi connectivity index (χ4v) is 4.43. The molecule has 0 bridgehead atoms. The number of benzene rings is 3. The fourth-order valence-electron chi connectivity index (χ4n) is 4.43. The Morgan fingerprint density at radius 1 is 0.706 bits per heavy atom. The second-order valence-corrected chi connectivity index (χ2v) is 8.23. The van der Waals surface area contributed by atoms with Crippen molar-refractivity contribution < 1.29 is 23.9 Å². The molecule has 0 aliphatic carbocycles. The lowest BCUT2D eigenvalue weighted by Crippen LogP contribution is -2.31. The van der Waals surface area contributed by atoms with E-state index in [2.05, 4.69) is 0 Å². The number of aryl methyl sites for hydroxylation is 2. The average molecular weight is 454 g/mol. The van der Waals surface area contributed by atoms with Crippen LogP contribution < -0.4 is 9.80 Å². The Morgan fingerprint density at radius 2 is 1.24 bits per heavy atom. The van der Waals surface area contributed by atoms with Crippen LogP contribution in [0.4, 0.5) is 17.1 Å². The molecule has 2 aliphatic rings. The number of hydrogen-bond acceptors (Lipinski definition) is 5. The molecule has 0 atom stereocenters. The molecule has 3 aromatic carbocycles. The quantitative estimate of drug-likeness (QED) is 0.440. The van der Waals surface area contributed by atoms with Crippen LogP contribution in [-0.2, 0) is 32.0 Å². The number of carbonyl (C=O) groups is 4. The highest BCUT2D eigenvalue weighted by atomic mass is 16.5. The molecule has 7 heteroatoms. The molecule has 1 saturated heterocycles. The molecule has 0 aromatic heterocycles. The van der Waals surface area contributed by atoms with Gasteiger partial charge in [0.1, 0.15) is 0 Å². The SMILES string of the molecule is O=C(OCC(=O)N1c2ccccc2CCc2ccccc21)c1ccc(N2C(=O)CCC2=O)cc1. The van der Waals surface area contributed by atoms with Crippen LogP contribution in [0.5, 0.6) is 0 Å². The maximum atomic E-state index is 13.3. The van der Waals surface area contributed by atoms with Gasteiger partial charge in [-0.15, -0.1) is 0 Å². The van der Waals surface area contributed by atoms with Crippen LogP contribution in [0.2, 0.25) is 0 Å². The van der Waals surface area contributed by atoms with E-state index in [-0.39, 0.29) is 36.1 Å². The van der Waals surface area contributed by atoms with Gasteiger partial charge in [0.05, 0.1) is 22.6 Å². The van der Waals surface area contributed by atoms with E-state index in [0.29, 0.717) is 5.69 Å². The second kappa shape index (κ2) is 8.94. The summed E-state index contributed by atoms with van der Waals surface area (Å²) < 4.78 is 5.34. The minimum absolute atomic E-state index is 0.188. The van der Waals surface area contributed by atoms with Crippen molar-refractivity contribution >= 4 is 40.8 Å². The summed E-state index contributed by atoms with van der Waals surface area (Å²) in [7, 11) is 0. The lowest BCUT2D eigenvalue weighted by atomic mass is 10.0. The number of carbonyl (C=O) groups excluding carboxylic acids is 4. The van der Waals surface area contributed by atoms with Gasteiger partial charge in [0.25, 0.3) is 5.91 Å². The van der Waals surface area contributed by atoms with Gasteiger partial charge in [0, 0.05) is 12.8 Å². The first-order valence-electron chi connectivity index (χ1n) is 11.1. The first-order chi connectivity index (χ1) is 16.5. The molecule has 5 rings (SSSR count). The number of anilines is 3. The van der Waals surface area contributed by atoms with Crippen molar-refractivity contribution in [3.05, 3.63) is 89.5 Å². The highest BCUT2D eigenvalue weighted by Crippen LogP contribution is 2.36. The van der Waals surface area contributed by atoms with Crippen molar-refractivity contribution in [3.63, 3.8) is 0 Å². The third-order valence-electron chi connectivity index (χ3n) is 6.12. The summed E-state index contributed by atoms with van der Waals surface area (Å²) in [6.07, 6.45) is 2.00. The average Bonchev–Trinajstić information content (AvgIpc) is 3.10. The number of imide groups is 1. The zero-order valence-corrected chi connectivity index (χ0v) is 18.4. The lowest BCUT2D eigenvalue weighted by Gasteiger charge is -2.24. The monoisotopic (exact) mass is 454 g/mol. The Kier molecular flexibility index (Phi) is 5.67. The summed E-state index contributed by atoms with van der Waals surface area (Å²) in [5.41, 5.74) is 4.33. The molecule has 34 heavy (non-hydrogen) atoms. The predicted octanol–water partition coefficient (Wildman–Crippen LogP) is 3.96. The lowest BCUT2D eigenvalue weighted by molar-refractivity contribution is -0.122. The second-order valence-electron chi connectivity index (χ2n) is 8.23. The smallest absolute Gasteiger partial charge is 0.338 e. The molecule has 170 valence electrons. The summed E-state index contributed by atoms with van der Waals surface area (Å²) in [6.45, 7) is -0.424. The number of rotatable bonds is 4. The van der Waals surface area contributed by atoms with E-state index in [1.165, 1.54) is 24.3 Å². The van der Waals surface area contributed by atoms with Gasteiger partial charge in [0.15, 0.2) is 6.61 Å². The molecular weight excluding hydrogens is 432 g/mol. The molecular formula is C27H22N2O5. The van der Waals surface area contributed by atoms with Crippen LogP contribution in [0.3, 0.4) is 0 Å². The van der Waals surface area contributed by atoms with E-state index in [1.807, 2.05) is 48.5 Å². The van der Waals surface area contributed by atoms with E-state index >= 15 is 0 Å². The standard InChI is InChI=1S/C27H22N2O5/c30-24-15-16-25(31)28(24)21-13-11-20(12-14-21)27(33)34-17-26(32)29-22-7-3-1-5-18(22)9-10-19-6-2-4-8-23(19)29/h1-8,11-14H,9-10,15-17H2. The normalized spacial score (nSPS) is 14.9. The van der Waals surface area contributed by atoms with Crippen LogP contribution in [0, 0.1) is 0 Å². The minimum atomic E-state index is -0.657. The van der Waals surface area contributed by atoms with Crippen LogP contribution in [-0.4, -0.2) is 30.3 Å². The van der Waals surface area contributed by atoms with Gasteiger partial charge < -0.3 is 4.74 Å². The highest BCUT2D eigenvalue weighted by molar-refractivity contribution is 6.19. The molecule has 0 unspecified atom stereocenters. The molecule has 0 saturated carbocycles. The zero-order chi connectivity index (χ0) is 23.7. The summed E-state index contributed by atoms with van der Waals surface area (Å²) in [6, 6.07) is 21.5. The number of para-hydroxylation sites is 2. The molecule has 0 spiro atoms. The van der Waals surface area contributed by atoms with E-state index in [0.717, 1.165) is 40.2 Å². The van der Waals surface area contributed by atoms with Gasteiger partial charge in [-0.25, -0.2) is 4.79 Å². The van der Waals surface area contributed by atoms with Crippen LogP contribution >= 0.6 is 0 Å². The Hall–Kier alpha value is -4.26. The number of nitrogens with zero attached hydrogens (tertiary/aromatic N) is 2. The topological polar surface area (TPSA) is 84.0 Å². The van der Waals surface area contributed by atoms with Crippen molar-refractivity contribution in [1.29, 1.82) is 0 Å². The molecule has 2 aliphatic heterocycles. The zero-order valence-electron chi connectivity index (χ0n) is 18.4. The number of amides is 3. The van der Waals surface area contributed by atoms with Gasteiger partial charge in [-0.2, -0.15) is 0 Å². The predicted molar refractivity (Wildman–Crippen MR) is 126 cm³/mol. The summed E-state index contributed by atoms with van der Waals surface area (Å²) >= 11 is 0. The molecule has 3 aromatic rings. The Bertz CT molecular complexity index is 1230. The van der Waals surface area contributed by atoms with Crippen molar-refractivity contribution in [3.8, 4) is 0 Å². The van der Waals surface area contributed by atoms with E-state index < -0.39 is 12.6 Å². The minimum Gasteiger partial charge on any atom is -0.452 e. The highest BCUT2D eigenvalue weighted by Gasteiger charge is 2.30. The molecule has 0 radical (unpaired) electrons. The van der Waals surface area contributed by atoms with Crippen molar-refractivity contribution in [2.75, 3.05) is 16.4 Å². The number of ether oxygens (including phenoxy) is 1. The fraction of sp³-hybridized carbons (Fsp3) is 0.185. The summed E-state index contributed by atoms with van der Waals surface area (Å²) in [4.78, 5) is 52.4. The first-order valence-corrected chi connectivity index (χ1v) is 11.1. The van der Waals surface area contributed by atoms with Gasteiger partial charge >= 0.3 is 5.97 Å². The van der Waals surface area contributed by atoms with E-state index in [9.17, 15) is 19.2 Å². The van der Waals surface area contributed by atoms with Gasteiger partial charge in [-0.3, -0.25) is 24.2 Å². The first kappa shape index (κ1) is 21.6. The number of hydrogen-bond donors (Lipinski definition) is 0. The molecule has 7 nitrogen and oxygen atoms in total. The van der Waals surface area contributed by atoms with Crippen LogP contribution in [0.25, 0.3) is 0 Å². The molecule has 1 fully saturated rings. The largest absolute Gasteiger partial charge is 0.452 e. The maximum absolute atomic E-state index is 13.3. The molecule has 3 amide bonds. The van der Waals surface area contributed by atoms with Crippen molar-refractivity contribution in [2.45, 2.75) is 25.7 Å². The molecule has 2 heterocycles.